The maximum Gasteiger partial charge on any atom is 0.333 e. The van der Waals surface area contributed by atoms with Gasteiger partial charge in [0.2, 0.25) is 5.60 Å². The molecule has 6 heteroatoms. The fourth-order valence-corrected chi connectivity index (χ4v) is 4.61. The van der Waals surface area contributed by atoms with Gasteiger partial charge in [-0.05, 0) is 35.2 Å². The molecule has 3 heterocycles. The summed E-state index contributed by atoms with van der Waals surface area (Å²) in [5.74, 6) is -1.74. The Morgan fingerprint density at radius 1 is 0.867 bits per heavy atom. The van der Waals surface area contributed by atoms with Gasteiger partial charge in [0, 0.05) is 16.5 Å². The van der Waals surface area contributed by atoms with Crippen LogP contribution in [-0.4, -0.2) is 23.4 Å². The number of thiophene rings is 1. The zero-order valence-electron chi connectivity index (χ0n) is 15.6. The van der Waals surface area contributed by atoms with Crippen molar-refractivity contribution in [3.05, 3.63) is 100 Å². The third-order valence-electron chi connectivity index (χ3n) is 5.12. The molecular weight excluding hydrogens is 398 g/mol. The predicted molar refractivity (Wildman–Crippen MR) is 114 cm³/mol. The van der Waals surface area contributed by atoms with Crippen molar-refractivity contribution in [2.24, 2.45) is 0 Å². The Bertz CT molecular complexity index is 1210. The van der Waals surface area contributed by atoms with Crippen LogP contribution in [0.5, 0.6) is 0 Å². The van der Waals surface area contributed by atoms with Gasteiger partial charge in [-0.15, -0.1) is 11.3 Å². The maximum atomic E-state index is 13.7. The van der Waals surface area contributed by atoms with E-state index in [0.717, 1.165) is 10.5 Å². The van der Waals surface area contributed by atoms with Crippen LogP contribution in [0.4, 0.5) is 5.69 Å². The second kappa shape index (κ2) is 6.93. The minimum atomic E-state index is -1.80. The van der Waals surface area contributed by atoms with E-state index in [1.807, 2.05) is 47.8 Å². The highest BCUT2D eigenvalue weighted by Crippen LogP contribution is 2.49. The highest BCUT2D eigenvalue weighted by Gasteiger charge is 2.64. The molecule has 0 aliphatic carbocycles. The smallest absolute Gasteiger partial charge is 0.333 e. The molecule has 146 valence electrons. The lowest BCUT2D eigenvalue weighted by Gasteiger charge is -2.24. The standard InChI is InChI=1S/C24H15NO4S/c26-21-15-18(20-12-7-13-30-20)24(29-21)19(14-16-8-3-1-4-9-16)22(27)25(23(24)28)17-10-5-2-6-11-17/h1-15H/b19-14-. The van der Waals surface area contributed by atoms with Gasteiger partial charge in [0.25, 0.3) is 11.8 Å². The van der Waals surface area contributed by atoms with Gasteiger partial charge in [-0.3, -0.25) is 9.59 Å². The molecule has 2 aromatic carbocycles. The fraction of sp³-hybridized carbons (Fsp3) is 0.0417. The van der Waals surface area contributed by atoms with Gasteiger partial charge in [0.1, 0.15) is 0 Å². The number of carbonyl (C=O) groups excluding carboxylic acids is 3. The SMILES string of the molecule is O=C1C=C(c2cccs2)C2(O1)C(=O)N(c1ccccc1)C(=O)/C2=C/c1ccccc1. The molecule has 0 N–H and O–H groups in total. The average Bonchev–Trinajstić information content (AvgIpc) is 3.45. The highest BCUT2D eigenvalue weighted by molar-refractivity contribution is 7.11. The lowest BCUT2D eigenvalue weighted by atomic mass is 9.86. The lowest BCUT2D eigenvalue weighted by molar-refractivity contribution is -0.149. The van der Waals surface area contributed by atoms with Gasteiger partial charge in [-0.1, -0.05) is 54.6 Å². The van der Waals surface area contributed by atoms with Gasteiger partial charge in [0.05, 0.1) is 11.3 Å². The number of amides is 2. The number of hydrogen-bond acceptors (Lipinski definition) is 5. The summed E-state index contributed by atoms with van der Waals surface area (Å²) in [6.07, 6.45) is 2.94. The summed E-state index contributed by atoms with van der Waals surface area (Å²) in [6, 6.07) is 21.5. The molecule has 1 aromatic heterocycles. The van der Waals surface area contributed by atoms with Gasteiger partial charge < -0.3 is 4.74 Å². The molecule has 1 fully saturated rings. The van der Waals surface area contributed by atoms with Crippen LogP contribution in [-0.2, 0) is 19.1 Å². The van der Waals surface area contributed by atoms with Crippen LogP contribution < -0.4 is 4.90 Å². The van der Waals surface area contributed by atoms with Crippen molar-refractivity contribution in [1.82, 2.24) is 0 Å². The number of imide groups is 1. The summed E-state index contributed by atoms with van der Waals surface area (Å²) in [6.45, 7) is 0. The molecule has 1 unspecified atom stereocenters. The zero-order chi connectivity index (χ0) is 20.7. The first-order valence-corrected chi connectivity index (χ1v) is 10.2. The van der Waals surface area contributed by atoms with Crippen molar-refractivity contribution < 1.29 is 19.1 Å². The Kier molecular flexibility index (Phi) is 4.22. The molecule has 0 radical (unpaired) electrons. The summed E-state index contributed by atoms with van der Waals surface area (Å²) < 4.78 is 5.66. The van der Waals surface area contributed by atoms with Crippen LogP contribution in [0.25, 0.3) is 11.6 Å². The van der Waals surface area contributed by atoms with Crippen molar-refractivity contribution in [1.29, 1.82) is 0 Å². The molecule has 2 aliphatic rings. The fourth-order valence-electron chi connectivity index (χ4n) is 3.82. The third kappa shape index (κ3) is 2.65. The molecule has 2 amide bonds. The second-order valence-electron chi connectivity index (χ2n) is 6.89. The molecule has 1 spiro atoms. The van der Waals surface area contributed by atoms with Crippen molar-refractivity contribution in [3.8, 4) is 0 Å². The quantitative estimate of drug-likeness (QED) is 0.369. The van der Waals surface area contributed by atoms with Crippen LogP contribution >= 0.6 is 11.3 Å². The maximum absolute atomic E-state index is 13.7. The van der Waals surface area contributed by atoms with Crippen molar-refractivity contribution in [2.75, 3.05) is 4.90 Å². The lowest BCUT2D eigenvalue weighted by Crippen LogP contribution is -2.42. The first-order valence-electron chi connectivity index (χ1n) is 9.31. The summed E-state index contributed by atoms with van der Waals surface area (Å²) in [5, 5.41) is 1.85. The van der Waals surface area contributed by atoms with Crippen LogP contribution in [0.3, 0.4) is 0 Å². The number of ether oxygens (including phenoxy) is 1. The Hall–Kier alpha value is -3.77. The summed E-state index contributed by atoms with van der Waals surface area (Å²) in [4.78, 5) is 41.5. The Morgan fingerprint density at radius 3 is 2.23 bits per heavy atom. The zero-order valence-corrected chi connectivity index (χ0v) is 16.5. The van der Waals surface area contributed by atoms with E-state index in [-0.39, 0.29) is 5.57 Å². The molecule has 5 nitrogen and oxygen atoms in total. The first-order chi connectivity index (χ1) is 14.6. The van der Waals surface area contributed by atoms with Crippen molar-refractivity contribution >= 4 is 46.5 Å². The highest BCUT2D eigenvalue weighted by atomic mass is 32.1. The van der Waals surface area contributed by atoms with Crippen molar-refractivity contribution in [3.63, 3.8) is 0 Å². The van der Waals surface area contributed by atoms with Crippen LogP contribution in [0, 0.1) is 0 Å². The predicted octanol–water partition coefficient (Wildman–Crippen LogP) is 4.08. The van der Waals surface area contributed by atoms with E-state index in [4.69, 9.17) is 4.74 Å². The van der Waals surface area contributed by atoms with Crippen LogP contribution in [0.15, 0.2) is 89.8 Å². The van der Waals surface area contributed by atoms with Gasteiger partial charge in [0.15, 0.2) is 0 Å². The van der Waals surface area contributed by atoms with Crippen molar-refractivity contribution in [2.45, 2.75) is 5.60 Å². The van der Waals surface area contributed by atoms with E-state index >= 15 is 0 Å². The molecule has 5 rings (SSSR count). The monoisotopic (exact) mass is 413 g/mol. The van der Waals surface area contributed by atoms with Gasteiger partial charge in [-0.25, -0.2) is 9.69 Å². The van der Waals surface area contributed by atoms with Gasteiger partial charge >= 0.3 is 5.97 Å². The van der Waals surface area contributed by atoms with E-state index in [9.17, 15) is 14.4 Å². The number of anilines is 1. The first kappa shape index (κ1) is 18.3. The van der Waals surface area contributed by atoms with E-state index in [0.29, 0.717) is 16.1 Å². The summed E-state index contributed by atoms with van der Waals surface area (Å²) >= 11 is 1.38. The number of esters is 1. The Balaban J connectivity index is 1.75. The second-order valence-corrected chi connectivity index (χ2v) is 7.84. The van der Waals surface area contributed by atoms with Crippen LogP contribution in [0.1, 0.15) is 10.4 Å². The normalized spacial score (nSPS) is 22.1. The number of carbonyl (C=O) groups is 3. The number of hydrogen-bond donors (Lipinski definition) is 0. The molecule has 1 atom stereocenters. The Labute approximate surface area is 176 Å². The van der Waals surface area contributed by atoms with Gasteiger partial charge in [-0.2, -0.15) is 0 Å². The molecule has 1 saturated heterocycles. The number of benzene rings is 2. The largest absolute Gasteiger partial charge is 0.435 e. The van der Waals surface area contributed by atoms with Crippen LogP contribution in [0.2, 0.25) is 0 Å². The molecule has 2 aliphatic heterocycles. The number of rotatable bonds is 3. The molecule has 0 saturated carbocycles. The minimum absolute atomic E-state index is 0.119. The minimum Gasteiger partial charge on any atom is -0.435 e. The summed E-state index contributed by atoms with van der Waals surface area (Å²) in [5.41, 5.74) is -0.132. The number of nitrogens with zero attached hydrogens (tertiary/aromatic N) is 1. The van der Waals surface area contributed by atoms with E-state index < -0.39 is 23.4 Å². The number of para-hydroxylation sites is 1. The molecule has 0 bridgehead atoms. The molecular formula is C24H15NO4S. The van der Waals surface area contributed by atoms with E-state index in [1.165, 1.54) is 17.4 Å². The molecule has 30 heavy (non-hydrogen) atoms. The third-order valence-corrected chi connectivity index (χ3v) is 6.03. The average molecular weight is 413 g/mol. The topological polar surface area (TPSA) is 63.7 Å². The van der Waals surface area contributed by atoms with E-state index in [2.05, 4.69) is 0 Å². The summed E-state index contributed by atoms with van der Waals surface area (Å²) in [7, 11) is 0. The molecule has 3 aromatic rings. The van der Waals surface area contributed by atoms with E-state index in [1.54, 1.807) is 36.4 Å². The Morgan fingerprint density at radius 2 is 1.57 bits per heavy atom.